The van der Waals surface area contributed by atoms with Gasteiger partial charge in [0.1, 0.15) is 0 Å². The third-order valence-electron chi connectivity index (χ3n) is 9.06. The van der Waals surface area contributed by atoms with E-state index in [4.69, 9.17) is 14.2 Å². The Bertz CT molecular complexity index is 1290. The summed E-state index contributed by atoms with van der Waals surface area (Å²) in [4.78, 5) is 14.9. The summed E-state index contributed by atoms with van der Waals surface area (Å²) in [5, 5.41) is 11.3. The van der Waals surface area contributed by atoms with Gasteiger partial charge in [-0.05, 0) is 61.0 Å². The molecule has 0 bridgehead atoms. The van der Waals surface area contributed by atoms with Crippen LogP contribution in [0, 0.1) is 5.92 Å². The molecule has 0 spiro atoms. The lowest BCUT2D eigenvalue weighted by molar-refractivity contribution is -0.154. The molecule has 44 heavy (non-hydrogen) atoms. The number of nitrogens with zero attached hydrogens (tertiary/aromatic N) is 1. The van der Waals surface area contributed by atoms with E-state index in [-0.39, 0.29) is 30.1 Å². The number of piperidine rings is 1. The Balaban J connectivity index is 1.18. The number of allylic oxidation sites excluding steroid dienone is 1. The van der Waals surface area contributed by atoms with E-state index >= 15 is 0 Å². The summed E-state index contributed by atoms with van der Waals surface area (Å²) in [5.74, 6) is -0.123. The van der Waals surface area contributed by atoms with Crippen LogP contribution < -0.4 is 0 Å². The number of esters is 1. The van der Waals surface area contributed by atoms with Gasteiger partial charge in [-0.15, -0.1) is 0 Å². The number of ether oxygens (including phenoxy) is 3. The first-order valence-corrected chi connectivity index (χ1v) is 16.2. The largest absolute Gasteiger partial charge is 0.467 e. The molecule has 1 saturated carbocycles. The van der Waals surface area contributed by atoms with E-state index in [2.05, 4.69) is 59.5 Å². The highest BCUT2D eigenvalue weighted by molar-refractivity contribution is 5.74. The number of likely N-dealkylation sites (tertiary alicyclic amines) is 1. The van der Waals surface area contributed by atoms with E-state index < -0.39 is 6.10 Å². The number of hydrogen-bond acceptors (Lipinski definition) is 6. The summed E-state index contributed by atoms with van der Waals surface area (Å²) in [7, 11) is 1.40. The maximum absolute atomic E-state index is 12.4. The summed E-state index contributed by atoms with van der Waals surface area (Å²) in [6, 6.07) is 29.0. The van der Waals surface area contributed by atoms with Crippen molar-refractivity contribution in [2.24, 2.45) is 5.92 Å². The van der Waals surface area contributed by atoms with Crippen LogP contribution in [0.25, 0.3) is 11.1 Å². The van der Waals surface area contributed by atoms with Crippen LogP contribution in [0.5, 0.6) is 0 Å². The van der Waals surface area contributed by atoms with E-state index in [1.807, 2.05) is 42.5 Å². The van der Waals surface area contributed by atoms with Crippen LogP contribution >= 0.6 is 0 Å². The molecule has 0 aromatic heterocycles. The molecule has 2 fully saturated rings. The van der Waals surface area contributed by atoms with Gasteiger partial charge in [-0.2, -0.15) is 0 Å². The predicted molar refractivity (Wildman–Crippen MR) is 174 cm³/mol. The monoisotopic (exact) mass is 597 g/mol. The molecule has 1 aliphatic carbocycles. The maximum Gasteiger partial charge on any atom is 0.335 e. The molecule has 2 aliphatic rings. The standard InChI is InChI=1S/C38H47NO5/c1-42-38(41)35(43-27-29-14-6-2-7-15-29)19-11-4-10-18-33-36(26-34(40)37(33)39-24-12-5-13-25-39)44-28-30-20-22-32(23-21-30)31-16-8-3-9-17-31/h2-4,6-9,11,14-17,20-23,33-37,40H,5,10,12-13,18-19,24-28H2,1H3/t33-,34-,35?,36-,37+/m0/s1. The molecule has 3 aromatic carbocycles. The number of aliphatic hydroxyl groups excluding tert-OH is 1. The molecular weight excluding hydrogens is 550 g/mol. The fourth-order valence-corrected chi connectivity index (χ4v) is 6.72. The van der Waals surface area contributed by atoms with Crippen molar-refractivity contribution in [1.82, 2.24) is 4.90 Å². The molecule has 0 amide bonds. The maximum atomic E-state index is 12.4. The molecule has 1 N–H and O–H groups in total. The fourth-order valence-electron chi connectivity index (χ4n) is 6.72. The first-order chi connectivity index (χ1) is 21.6. The van der Waals surface area contributed by atoms with Gasteiger partial charge in [0.15, 0.2) is 6.10 Å². The second kappa shape index (κ2) is 16.7. The zero-order valence-electron chi connectivity index (χ0n) is 25.9. The molecule has 6 nitrogen and oxygen atoms in total. The first-order valence-electron chi connectivity index (χ1n) is 16.2. The van der Waals surface area contributed by atoms with Gasteiger partial charge < -0.3 is 19.3 Å². The molecule has 1 unspecified atom stereocenters. The SMILES string of the molecule is COC(=O)C(CC=CCC[C@@H]1[C@@H](N2CCCCC2)[C@@H](O)C[C@@H]1OCc1ccc(-c2ccccc2)cc1)OCc1ccccc1. The topological polar surface area (TPSA) is 68.2 Å². The Morgan fingerprint density at radius 3 is 2.23 bits per heavy atom. The van der Waals surface area contributed by atoms with Crippen molar-refractivity contribution in [2.45, 2.75) is 82.5 Å². The van der Waals surface area contributed by atoms with E-state index in [9.17, 15) is 9.90 Å². The Labute approximate surface area is 262 Å². The molecule has 0 radical (unpaired) electrons. The van der Waals surface area contributed by atoms with E-state index in [1.54, 1.807) is 0 Å². The normalized spacial score (nSPS) is 23.1. The number of aliphatic hydroxyl groups is 1. The molecule has 5 rings (SSSR count). The Kier molecular flexibility index (Phi) is 12.2. The minimum Gasteiger partial charge on any atom is -0.467 e. The predicted octanol–water partition coefficient (Wildman–Crippen LogP) is 6.96. The summed E-state index contributed by atoms with van der Waals surface area (Å²) in [5.41, 5.74) is 4.56. The molecule has 6 heteroatoms. The molecule has 5 atom stereocenters. The smallest absolute Gasteiger partial charge is 0.335 e. The van der Waals surface area contributed by atoms with Crippen molar-refractivity contribution in [1.29, 1.82) is 0 Å². The zero-order valence-corrected chi connectivity index (χ0v) is 25.9. The van der Waals surface area contributed by atoms with Gasteiger partial charge in [0, 0.05) is 24.8 Å². The minimum atomic E-state index is -0.643. The van der Waals surface area contributed by atoms with E-state index in [0.717, 1.165) is 37.1 Å². The van der Waals surface area contributed by atoms with Crippen molar-refractivity contribution in [2.75, 3.05) is 20.2 Å². The second-order valence-corrected chi connectivity index (χ2v) is 12.1. The highest BCUT2D eigenvalue weighted by atomic mass is 16.6. The third-order valence-corrected chi connectivity index (χ3v) is 9.06. The summed E-state index contributed by atoms with van der Waals surface area (Å²) in [6.45, 7) is 2.98. The van der Waals surface area contributed by atoms with Crippen LogP contribution in [0.2, 0.25) is 0 Å². The fraction of sp³-hybridized carbons (Fsp3) is 0.447. The van der Waals surface area contributed by atoms with Crippen molar-refractivity contribution >= 4 is 5.97 Å². The minimum absolute atomic E-state index is 0.00357. The summed E-state index contributed by atoms with van der Waals surface area (Å²) >= 11 is 0. The highest BCUT2D eigenvalue weighted by Gasteiger charge is 2.45. The number of hydrogen-bond donors (Lipinski definition) is 1. The van der Waals surface area contributed by atoms with Crippen molar-refractivity contribution < 1.29 is 24.1 Å². The van der Waals surface area contributed by atoms with Gasteiger partial charge in [-0.3, -0.25) is 4.90 Å². The van der Waals surface area contributed by atoms with Gasteiger partial charge in [0.25, 0.3) is 0 Å². The lowest BCUT2D eigenvalue weighted by atomic mass is 9.92. The second-order valence-electron chi connectivity index (χ2n) is 12.1. The van der Waals surface area contributed by atoms with Crippen molar-refractivity contribution in [3.63, 3.8) is 0 Å². The highest BCUT2D eigenvalue weighted by Crippen LogP contribution is 2.38. The summed E-state index contributed by atoms with van der Waals surface area (Å²) < 4.78 is 17.5. The number of carbonyl (C=O) groups excluding carboxylic acids is 1. The molecule has 1 heterocycles. The lowest BCUT2D eigenvalue weighted by Crippen LogP contribution is -2.47. The van der Waals surface area contributed by atoms with Crippen LogP contribution in [0.4, 0.5) is 0 Å². The van der Waals surface area contributed by atoms with Crippen LogP contribution in [0.15, 0.2) is 97.1 Å². The van der Waals surface area contributed by atoms with E-state index in [1.165, 1.54) is 37.5 Å². The zero-order chi connectivity index (χ0) is 30.6. The quantitative estimate of drug-likeness (QED) is 0.160. The van der Waals surface area contributed by atoms with Gasteiger partial charge >= 0.3 is 5.97 Å². The lowest BCUT2D eigenvalue weighted by Gasteiger charge is -2.38. The molecule has 1 saturated heterocycles. The number of rotatable bonds is 14. The molecular formula is C38H47NO5. The Morgan fingerprint density at radius 2 is 1.52 bits per heavy atom. The van der Waals surface area contributed by atoms with Gasteiger partial charge in [0.2, 0.25) is 0 Å². The van der Waals surface area contributed by atoms with Crippen LogP contribution in [-0.2, 0) is 32.2 Å². The Morgan fingerprint density at radius 1 is 0.864 bits per heavy atom. The molecule has 234 valence electrons. The van der Waals surface area contributed by atoms with E-state index in [0.29, 0.717) is 26.1 Å². The van der Waals surface area contributed by atoms with Gasteiger partial charge in [-0.25, -0.2) is 4.79 Å². The number of benzene rings is 3. The first kappa shape index (κ1) is 32.1. The third kappa shape index (κ3) is 8.89. The van der Waals surface area contributed by atoms with Crippen molar-refractivity contribution in [3.8, 4) is 11.1 Å². The molecule has 3 aromatic rings. The van der Waals surface area contributed by atoms with Gasteiger partial charge in [-0.1, -0.05) is 104 Å². The summed E-state index contributed by atoms with van der Waals surface area (Å²) in [6.07, 6.45) is 9.65. The van der Waals surface area contributed by atoms with Gasteiger partial charge in [0.05, 0.1) is 32.5 Å². The van der Waals surface area contributed by atoms with Crippen LogP contribution in [-0.4, -0.2) is 60.5 Å². The average molecular weight is 598 g/mol. The average Bonchev–Trinajstić information content (AvgIpc) is 3.40. The molecule has 1 aliphatic heterocycles. The Hall–Kier alpha value is -3.29. The van der Waals surface area contributed by atoms with Crippen LogP contribution in [0.3, 0.4) is 0 Å². The number of carbonyl (C=O) groups is 1. The number of methoxy groups -OCH3 is 1. The van der Waals surface area contributed by atoms with Crippen molar-refractivity contribution in [3.05, 3.63) is 108 Å². The van der Waals surface area contributed by atoms with Crippen LogP contribution in [0.1, 0.15) is 56.1 Å².